The molecule has 0 saturated carbocycles. The number of nitrogens with zero attached hydrogens (tertiary/aromatic N) is 1. The Labute approximate surface area is 240 Å². The molecule has 2 aromatic rings. The number of rotatable bonds is 15. The van der Waals surface area contributed by atoms with Crippen LogP contribution < -0.4 is 0 Å². The molecule has 0 radical (unpaired) electrons. The monoisotopic (exact) mass is 601 g/mol. The molecule has 4 nitrogen and oxygen atoms in total. The number of halogens is 5. The lowest BCUT2D eigenvalue weighted by Crippen LogP contribution is -2.28. The quantitative estimate of drug-likeness (QED) is 0.166. The minimum absolute atomic E-state index is 0.197. The van der Waals surface area contributed by atoms with Crippen molar-refractivity contribution in [1.29, 1.82) is 0 Å². The number of aromatic hydroxyl groups is 1. The molecule has 0 spiro atoms. The fourth-order valence-electron chi connectivity index (χ4n) is 5.48. The molecule has 228 valence electrons. The van der Waals surface area contributed by atoms with Gasteiger partial charge in [0, 0.05) is 6.07 Å². The van der Waals surface area contributed by atoms with Crippen LogP contribution in [0.15, 0.2) is 36.4 Å². The summed E-state index contributed by atoms with van der Waals surface area (Å²) in [7, 11) is -3.72. The van der Waals surface area contributed by atoms with E-state index in [0.717, 1.165) is 86.4 Å². The highest BCUT2D eigenvalue weighted by atomic mass is 32.2. The standard InChI is InChI=1S/C31H40F5NO3S/c1-2-37(16-8-17-41(39,40)18-14-31(34,35)36)15-6-4-3-5-10-30-28(24-19-25(32)22-26(33)20-24)11-7-9-23-21-27(38)12-13-29(23)30/h12-13,19-22,38H,2-11,14-18H2,1H3. The molecule has 41 heavy (non-hydrogen) atoms. The summed E-state index contributed by atoms with van der Waals surface area (Å²) in [4.78, 5) is 2.12. The van der Waals surface area contributed by atoms with E-state index in [4.69, 9.17) is 0 Å². The normalized spacial score (nSPS) is 14.4. The molecule has 0 heterocycles. The molecule has 0 fully saturated rings. The number of unbranched alkanes of at least 4 members (excludes halogenated alkanes) is 3. The van der Waals surface area contributed by atoms with E-state index in [2.05, 4.69) is 4.90 Å². The van der Waals surface area contributed by atoms with Crippen molar-refractivity contribution in [2.75, 3.05) is 31.1 Å². The molecule has 0 atom stereocenters. The van der Waals surface area contributed by atoms with Crippen molar-refractivity contribution in [3.8, 4) is 5.75 Å². The van der Waals surface area contributed by atoms with Crippen LogP contribution in [0.3, 0.4) is 0 Å². The van der Waals surface area contributed by atoms with Crippen molar-refractivity contribution < 1.29 is 35.5 Å². The number of alkyl halides is 3. The molecule has 0 saturated heterocycles. The van der Waals surface area contributed by atoms with Gasteiger partial charge in [0.2, 0.25) is 0 Å². The van der Waals surface area contributed by atoms with Crippen LogP contribution >= 0.6 is 0 Å². The van der Waals surface area contributed by atoms with Crippen molar-refractivity contribution in [3.63, 3.8) is 0 Å². The largest absolute Gasteiger partial charge is 0.508 e. The molecule has 0 aliphatic heterocycles. The first kappa shape index (κ1) is 33.0. The maximum atomic E-state index is 14.1. The molecule has 2 aromatic carbocycles. The van der Waals surface area contributed by atoms with Crippen LogP contribution in [-0.2, 0) is 16.3 Å². The first-order valence-corrected chi connectivity index (χ1v) is 16.2. The van der Waals surface area contributed by atoms with Crippen molar-refractivity contribution in [3.05, 3.63) is 64.7 Å². The van der Waals surface area contributed by atoms with Gasteiger partial charge in [-0.3, -0.25) is 0 Å². The summed E-state index contributed by atoms with van der Waals surface area (Å²) in [5.74, 6) is -2.13. The summed E-state index contributed by atoms with van der Waals surface area (Å²) in [6, 6.07) is 8.94. The lowest BCUT2D eigenvalue weighted by Gasteiger charge is -2.20. The predicted molar refractivity (Wildman–Crippen MR) is 153 cm³/mol. The lowest BCUT2D eigenvalue weighted by molar-refractivity contribution is -0.129. The summed E-state index contributed by atoms with van der Waals surface area (Å²) < 4.78 is 89.0. The molecule has 1 N–H and O–H groups in total. The number of aryl methyl sites for hydroxylation is 1. The number of hydrogen-bond acceptors (Lipinski definition) is 4. The van der Waals surface area contributed by atoms with Crippen molar-refractivity contribution in [2.24, 2.45) is 0 Å². The average molecular weight is 602 g/mol. The van der Waals surface area contributed by atoms with E-state index >= 15 is 0 Å². The van der Waals surface area contributed by atoms with Crippen LogP contribution in [-0.4, -0.2) is 55.7 Å². The van der Waals surface area contributed by atoms with Crippen LogP contribution in [0, 0.1) is 11.6 Å². The second-order valence-electron chi connectivity index (χ2n) is 10.8. The zero-order valence-electron chi connectivity index (χ0n) is 23.6. The number of fused-ring (bicyclic) bond motifs is 1. The highest BCUT2D eigenvalue weighted by Gasteiger charge is 2.29. The molecule has 1 aliphatic rings. The van der Waals surface area contributed by atoms with Gasteiger partial charge >= 0.3 is 6.18 Å². The number of sulfone groups is 1. The smallest absolute Gasteiger partial charge is 0.390 e. The minimum atomic E-state index is -4.47. The molecular weight excluding hydrogens is 561 g/mol. The van der Waals surface area contributed by atoms with Gasteiger partial charge in [-0.2, -0.15) is 13.2 Å². The van der Waals surface area contributed by atoms with E-state index in [0.29, 0.717) is 24.9 Å². The third-order valence-corrected chi connectivity index (χ3v) is 9.32. The first-order chi connectivity index (χ1) is 19.4. The van der Waals surface area contributed by atoms with Gasteiger partial charge in [-0.05, 0) is 117 Å². The fraction of sp³-hybridized carbons (Fsp3) is 0.548. The second kappa shape index (κ2) is 15.1. The molecule has 1 aliphatic carbocycles. The summed E-state index contributed by atoms with van der Waals surface area (Å²) in [6.07, 6.45) is 1.18. The van der Waals surface area contributed by atoms with E-state index in [1.807, 2.05) is 13.0 Å². The van der Waals surface area contributed by atoms with E-state index in [9.17, 15) is 35.5 Å². The van der Waals surface area contributed by atoms with E-state index in [1.54, 1.807) is 12.1 Å². The van der Waals surface area contributed by atoms with Gasteiger partial charge in [0.05, 0.1) is 17.9 Å². The third-order valence-electron chi connectivity index (χ3n) is 7.59. The van der Waals surface area contributed by atoms with Gasteiger partial charge in [0.25, 0.3) is 0 Å². The third kappa shape index (κ3) is 11.0. The summed E-state index contributed by atoms with van der Waals surface area (Å²) in [6.45, 7) is 4.00. The van der Waals surface area contributed by atoms with Crippen LogP contribution in [0.1, 0.15) is 81.4 Å². The van der Waals surface area contributed by atoms with Gasteiger partial charge in [0.1, 0.15) is 17.4 Å². The summed E-state index contributed by atoms with van der Waals surface area (Å²) in [5.41, 5.74) is 4.60. The topological polar surface area (TPSA) is 57.6 Å². The molecule has 0 amide bonds. The number of phenolic OH excluding ortho intramolecular Hbond substituents is 1. The van der Waals surface area contributed by atoms with Gasteiger partial charge in [0.15, 0.2) is 9.84 Å². The van der Waals surface area contributed by atoms with Crippen LogP contribution in [0.2, 0.25) is 0 Å². The SMILES string of the molecule is CCN(CCCCCCC1=C(c2cc(F)cc(F)c2)CCCc2cc(O)ccc21)CCCS(=O)(=O)CCC(F)(F)F. The molecule has 3 rings (SSSR count). The summed E-state index contributed by atoms with van der Waals surface area (Å²) >= 11 is 0. The zero-order valence-corrected chi connectivity index (χ0v) is 24.4. The average Bonchev–Trinajstić information content (AvgIpc) is 3.06. The summed E-state index contributed by atoms with van der Waals surface area (Å²) in [5, 5.41) is 10.0. The highest BCUT2D eigenvalue weighted by molar-refractivity contribution is 7.91. The highest BCUT2D eigenvalue weighted by Crippen LogP contribution is 2.40. The Bertz CT molecular complexity index is 1270. The van der Waals surface area contributed by atoms with Crippen LogP contribution in [0.4, 0.5) is 22.0 Å². The molecule has 0 unspecified atom stereocenters. The Balaban J connectivity index is 1.54. The Hall–Kier alpha value is -2.46. The predicted octanol–water partition coefficient (Wildman–Crippen LogP) is 7.95. The number of hydrogen-bond donors (Lipinski definition) is 1. The zero-order chi connectivity index (χ0) is 30.0. The number of benzene rings is 2. The maximum Gasteiger partial charge on any atom is 0.390 e. The second-order valence-corrected chi connectivity index (χ2v) is 13.1. The van der Waals surface area contributed by atoms with E-state index < -0.39 is 39.8 Å². The van der Waals surface area contributed by atoms with E-state index in [-0.39, 0.29) is 11.5 Å². The van der Waals surface area contributed by atoms with Crippen molar-refractivity contribution in [2.45, 2.75) is 77.3 Å². The van der Waals surface area contributed by atoms with Crippen molar-refractivity contribution in [1.82, 2.24) is 4.90 Å². The molecule has 0 aromatic heterocycles. The number of allylic oxidation sites excluding steroid dienone is 2. The Kier molecular flexibility index (Phi) is 12.2. The van der Waals surface area contributed by atoms with Crippen molar-refractivity contribution >= 4 is 21.0 Å². The number of phenols is 1. The van der Waals surface area contributed by atoms with Gasteiger partial charge in [-0.25, -0.2) is 17.2 Å². The minimum Gasteiger partial charge on any atom is -0.508 e. The molecular formula is C31H40F5NO3S. The molecule has 10 heteroatoms. The lowest BCUT2D eigenvalue weighted by atomic mass is 9.89. The fourth-order valence-corrected chi connectivity index (χ4v) is 6.80. The van der Waals surface area contributed by atoms with Gasteiger partial charge in [-0.15, -0.1) is 0 Å². The van der Waals surface area contributed by atoms with Gasteiger partial charge < -0.3 is 10.0 Å². The van der Waals surface area contributed by atoms with Gasteiger partial charge in [-0.1, -0.05) is 25.8 Å². The van der Waals surface area contributed by atoms with Crippen LogP contribution in [0.5, 0.6) is 5.75 Å². The Morgan fingerprint density at radius 1 is 0.878 bits per heavy atom. The Morgan fingerprint density at radius 3 is 2.24 bits per heavy atom. The van der Waals surface area contributed by atoms with Crippen LogP contribution in [0.25, 0.3) is 11.1 Å². The Morgan fingerprint density at radius 2 is 1.56 bits per heavy atom. The molecule has 0 bridgehead atoms. The maximum absolute atomic E-state index is 14.1. The first-order valence-electron chi connectivity index (χ1n) is 14.4. The van der Waals surface area contributed by atoms with E-state index in [1.165, 1.54) is 12.1 Å².